The summed E-state index contributed by atoms with van der Waals surface area (Å²) in [7, 11) is 4.41. The van der Waals surface area contributed by atoms with Gasteiger partial charge in [0.15, 0.2) is 0 Å². The third-order valence-corrected chi connectivity index (χ3v) is 5.08. The maximum atomic E-state index is 2.48. The molecule has 0 fully saturated rings. The van der Waals surface area contributed by atoms with Crippen LogP contribution in [-0.2, 0) is 0 Å². The smallest absolute Gasteiger partial charge is 0.0235 e. The maximum Gasteiger partial charge on any atom is 0.0235 e. The molecule has 3 atom stereocenters. The normalized spacial score (nSPS) is 25.5. The van der Waals surface area contributed by atoms with Gasteiger partial charge in [-0.2, -0.15) is 0 Å². The van der Waals surface area contributed by atoms with Crippen molar-refractivity contribution in [2.45, 2.75) is 25.8 Å². The van der Waals surface area contributed by atoms with Gasteiger partial charge in [0.05, 0.1) is 0 Å². The minimum absolute atomic E-state index is 0.581. The van der Waals surface area contributed by atoms with E-state index in [0.717, 1.165) is 6.42 Å². The third kappa shape index (κ3) is 3.15. The summed E-state index contributed by atoms with van der Waals surface area (Å²) in [6.07, 6.45) is 15.9. The Balaban J connectivity index is 2.03. The largest absolute Gasteiger partial charge is 0.305 e. The van der Waals surface area contributed by atoms with E-state index in [1.807, 2.05) is 0 Å². The SMILES string of the molecule is C[C@H](C[C@H](C1C=CC=C1I)N(C)C)C1=CC=CC1. The average Bonchev–Trinajstić information content (AvgIpc) is 2.96. The molecule has 0 aliphatic heterocycles. The molecule has 0 aromatic rings. The number of hydrogen-bond acceptors (Lipinski definition) is 1. The molecule has 0 spiro atoms. The predicted molar refractivity (Wildman–Crippen MR) is 87.8 cm³/mol. The fraction of sp³-hybridized carbons (Fsp3) is 0.500. The van der Waals surface area contributed by atoms with Crippen molar-refractivity contribution in [1.29, 1.82) is 0 Å². The molecule has 0 heterocycles. The standard InChI is InChI=1S/C16H22IN/c1-12(13-7-4-5-8-13)11-16(18(2)3)14-9-6-10-15(14)17/h4-7,9-10,12,14,16H,8,11H2,1-3H3/t12-,14?,16-/m1/s1. The van der Waals surface area contributed by atoms with E-state index in [1.165, 1.54) is 10.0 Å². The lowest BCUT2D eigenvalue weighted by Gasteiger charge is -2.32. The first-order valence-corrected chi connectivity index (χ1v) is 7.73. The molecule has 2 aliphatic carbocycles. The second-order valence-electron chi connectivity index (χ2n) is 5.50. The molecule has 0 aromatic carbocycles. The van der Waals surface area contributed by atoms with Gasteiger partial charge in [-0.3, -0.25) is 0 Å². The highest BCUT2D eigenvalue weighted by molar-refractivity contribution is 14.1. The summed E-state index contributed by atoms with van der Waals surface area (Å²) in [4.78, 5) is 2.38. The molecule has 2 rings (SSSR count). The number of nitrogens with zero attached hydrogens (tertiary/aromatic N) is 1. The number of rotatable bonds is 5. The van der Waals surface area contributed by atoms with Crippen LogP contribution in [0.4, 0.5) is 0 Å². The number of hydrogen-bond donors (Lipinski definition) is 0. The van der Waals surface area contributed by atoms with Gasteiger partial charge in [0.1, 0.15) is 0 Å². The molecule has 1 unspecified atom stereocenters. The Bertz CT molecular complexity index is 415. The number of halogens is 1. The monoisotopic (exact) mass is 355 g/mol. The second-order valence-corrected chi connectivity index (χ2v) is 6.75. The van der Waals surface area contributed by atoms with Crippen LogP contribution in [0.25, 0.3) is 0 Å². The summed E-state index contributed by atoms with van der Waals surface area (Å²) >= 11 is 2.48. The highest BCUT2D eigenvalue weighted by Gasteiger charge is 2.27. The van der Waals surface area contributed by atoms with Crippen molar-refractivity contribution < 1.29 is 0 Å². The van der Waals surface area contributed by atoms with E-state index in [0.29, 0.717) is 17.9 Å². The van der Waals surface area contributed by atoms with Crippen LogP contribution in [0.15, 0.2) is 45.6 Å². The average molecular weight is 355 g/mol. The summed E-state index contributed by atoms with van der Waals surface area (Å²) in [5.74, 6) is 1.25. The fourth-order valence-corrected chi connectivity index (χ4v) is 3.63. The van der Waals surface area contributed by atoms with Gasteiger partial charge in [0.25, 0.3) is 0 Å². The molecule has 2 heteroatoms. The molecule has 0 radical (unpaired) electrons. The Morgan fingerprint density at radius 3 is 2.61 bits per heavy atom. The zero-order valence-electron chi connectivity index (χ0n) is 11.4. The van der Waals surface area contributed by atoms with E-state index in [4.69, 9.17) is 0 Å². The van der Waals surface area contributed by atoms with Gasteiger partial charge in [-0.25, -0.2) is 0 Å². The molecular formula is C16H22IN. The van der Waals surface area contributed by atoms with E-state index in [-0.39, 0.29) is 0 Å². The van der Waals surface area contributed by atoms with Gasteiger partial charge in [-0.1, -0.05) is 49.0 Å². The first-order chi connectivity index (χ1) is 8.59. The van der Waals surface area contributed by atoms with Crippen LogP contribution in [-0.4, -0.2) is 25.0 Å². The molecule has 2 aliphatic rings. The molecule has 0 aromatic heterocycles. The summed E-state index contributed by atoms with van der Waals surface area (Å²) in [6, 6.07) is 0.600. The Morgan fingerprint density at radius 2 is 2.11 bits per heavy atom. The lowest BCUT2D eigenvalue weighted by molar-refractivity contribution is 0.229. The first kappa shape index (κ1) is 14.1. The molecular weight excluding hydrogens is 333 g/mol. The summed E-state index contributed by atoms with van der Waals surface area (Å²) in [5.41, 5.74) is 1.59. The molecule has 98 valence electrons. The van der Waals surface area contributed by atoms with E-state index in [9.17, 15) is 0 Å². The van der Waals surface area contributed by atoms with Crippen molar-refractivity contribution in [2.24, 2.45) is 11.8 Å². The van der Waals surface area contributed by atoms with E-state index >= 15 is 0 Å². The fourth-order valence-electron chi connectivity index (χ4n) is 2.80. The first-order valence-electron chi connectivity index (χ1n) is 6.65. The van der Waals surface area contributed by atoms with Crippen LogP contribution in [0, 0.1) is 11.8 Å². The van der Waals surface area contributed by atoms with Crippen molar-refractivity contribution >= 4 is 22.6 Å². The van der Waals surface area contributed by atoms with E-state index < -0.39 is 0 Å². The summed E-state index contributed by atoms with van der Waals surface area (Å²) < 4.78 is 1.47. The molecule has 0 N–H and O–H groups in total. The van der Waals surface area contributed by atoms with Gasteiger partial charge in [0.2, 0.25) is 0 Å². The Hall–Kier alpha value is -0.350. The molecule has 0 saturated heterocycles. The highest BCUT2D eigenvalue weighted by atomic mass is 127. The molecule has 0 saturated carbocycles. The van der Waals surface area contributed by atoms with Crippen LogP contribution in [0.5, 0.6) is 0 Å². The van der Waals surface area contributed by atoms with Gasteiger partial charge >= 0.3 is 0 Å². The third-order valence-electron chi connectivity index (χ3n) is 4.00. The zero-order chi connectivity index (χ0) is 13.1. The quantitative estimate of drug-likeness (QED) is 0.664. The Labute approximate surface area is 124 Å². The van der Waals surface area contributed by atoms with Crippen molar-refractivity contribution in [1.82, 2.24) is 4.90 Å². The Kier molecular flexibility index (Phi) is 4.84. The summed E-state index contributed by atoms with van der Waals surface area (Å²) in [5, 5.41) is 0. The molecule has 18 heavy (non-hydrogen) atoms. The van der Waals surface area contributed by atoms with E-state index in [1.54, 1.807) is 5.57 Å². The van der Waals surface area contributed by atoms with Crippen molar-refractivity contribution in [3.8, 4) is 0 Å². The van der Waals surface area contributed by atoms with Crippen LogP contribution in [0.1, 0.15) is 19.8 Å². The summed E-state index contributed by atoms with van der Waals surface area (Å²) in [6.45, 7) is 2.37. The van der Waals surface area contributed by atoms with Crippen LogP contribution >= 0.6 is 22.6 Å². The molecule has 0 amide bonds. The zero-order valence-corrected chi connectivity index (χ0v) is 13.6. The van der Waals surface area contributed by atoms with Crippen LogP contribution in [0.3, 0.4) is 0 Å². The van der Waals surface area contributed by atoms with Gasteiger partial charge in [0, 0.05) is 12.0 Å². The minimum Gasteiger partial charge on any atom is -0.305 e. The number of allylic oxidation sites excluding steroid dienone is 6. The topological polar surface area (TPSA) is 3.24 Å². The van der Waals surface area contributed by atoms with Crippen molar-refractivity contribution in [3.63, 3.8) is 0 Å². The van der Waals surface area contributed by atoms with Gasteiger partial charge in [-0.05, 0) is 59.0 Å². The van der Waals surface area contributed by atoms with Crippen LogP contribution < -0.4 is 0 Å². The highest BCUT2D eigenvalue weighted by Crippen LogP contribution is 2.35. The lowest BCUT2D eigenvalue weighted by Crippen LogP contribution is -2.35. The Morgan fingerprint density at radius 1 is 1.33 bits per heavy atom. The molecule has 0 bridgehead atoms. The van der Waals surface area contributed by atoms with E-state index in [2.05, 4.69) is 85.0 Å². The maximum absolute atomic E-state index is 2.48. The van der Waals surface area contributed by atoms with Crippen LogP contribution in [0.2, 0.25) is 0 Å². The van der Waals surface area contributed by atoms with Gasteiger partial charge in [-0.15, -0.1) is 0 Å². The minimum atomic E-state index is 0.581. The lowest BCUT2D eigenvalue weighted by atomic mass is 9.87. The van der Waals surface area contributed by atoms with Crippen molar-refractivity contribution in [2.75, 3.05) is 14.1 Å². The van der Waals surface area contributed by atoms with Gasteiger partial charge < -0.3 is 4.90 Å². The second kappa shape index (κ2) is 6.20. The molecule has 1 nitrogen and oxygen atoms in total. The predicted octanol–water partition coefficient (Wildman–Crippen LogP) is 4.33. The van der Waals surface area contributed by atoms with Crippen molar-refractivity contribution in [3.05, 3.63) is 45.6 Å².